The van der Waals surface area contributed by atoms with Crippen LogP contribution in [-0.2, 0) is 9.53 Å². The molecule has 0 aliphatic rings. The molecular formula is C16H14N2O6. The highest BCUT2D eigenvalue weighted by Gasteiger charge is 2.14. The largest absolute Gasteiger partial charge is 0.497 e. The van der Waals surface area contributed by atoms with Gasteiger partial charge in [-0.3, -0.25) is 14.9 Å². The Balaban J connectivity index is 1.89. The first kappa shape index (κ1) is 16.9. The SMILES string of the molecule is COc1ccc(NC(=O)COC(=O)c2cccc([N+](=O)[O-])c2)cc1. The van der Waals surface area contributed by atoms with E-state index in [1.807, 2.05) is 0 Å². The van der Waals surface area contributed by atoms with Gasteiger partial charge in [0.1, 0.15) is 5.75 Å². The predicted octanol–water partition coefficient (Wildman–Crippen LogP) is 2.40. The minimum atomic E-state index is -0.816. The fourth-order valence-electron chi connectivity index (χ4n) is 1.83. The van der Waals surface area contributed by atoms with Gasteiger partial charge >= 0.3 is 5.97 Å². The van der Waals surface area contributed by atoms with Gasteiger partial charge in [0.25, 0.3) is 11.6 Å². The summed E-state index contributed by atoms with van der Waals surface area (Å²) in [4.78, 5) is 33.6. The van der Waals surface area contributed by atoms with Crippen molar-refractivity contribution in [3.63, 3.8) is 0 Å². The zero-order valence-corrected chi connectivity index (χ0v) is 12.7. The highest BCUT2D eigenvalue weighted by atomic mass is 16.6. The number of methoxy groups -OCH3 is 1. The van der Waals surface area contributed by atoms with Gasteiger partial charge in [0.15, 0.2) is 6.61 Å². The van der Waals surface area contributed by atoms with Crippen molar-refractivity contribution in [3.8, 4) is 5.75 Å². The molecule has 0 heterocycles. The van der Waals surface area contributed by atoms with Crippen LogP contribution in [0.2, 0.25) is 0 Å². The first-order valence-electron chi connectivity index (χ1n) is 6.85. The Morgan fingerprint density at radius 3 is 2.50 bits per heavy atom. The van der Waals surface area contributed by atoms with Gasteiger partial charge in [-0.1, -0.05) is 6.07 Å². The minimum absolute atomic E-state index is 0.00134. The molecule has 1 amide bonds. The summed E-state index contributed by atoms with van der Waals surface area (Å²) in [6, 6.07) is 11.7. The minimum Gasteiger partial charge on any atom is -0.497 e. The van der Waals surface area contributed by atoms with Gasteiger partial charge in [-0.2, -0.15) is 0 Å². The van der Waals surface area contributed by atoms with Gasteiger partial charge in [-0.15, -0.1) is 0 Å². The smallest absolute Gasteiger partial charge is 0.338 e. The quantitative estimate of drug-likeness (QED) is 0.495. The summed E-state index contributed by atoms with van der Waals surface area (Å²) >= 11 is 0. The van der Waals surface area contributed by atoms with Crippen molar-refractivity contribution < 1.29 is 24.0 Å². The third-order valence-corrected chi connectivity index (χ3v) is 3.00. The van der Waals surface area contributed by atoms with Crippen LogP contribution in [0.1, 0.15) is 10.4 Å². The second-order valence-electron chi connectivity index (χ2n) is 4.66. The number of nitrogens with one attached hydrogen (secondary N) is 1. The Bertz CT molecular complexity index is 757. The van der Waals surface area contributed by atoms with Crippen molar-refractivity contribution in [1.82, 2.24) is 0 Å². The van der Waals surface area contributed by atoms with Crippen LogP contribution in [0.5, 0.6) is 5.75 Å². The Kier molecular flexibility index (Phi) is 5.45. The van der Waals surface area contributed by atoms with Gasteiger partial charge in [-0.25, -0.2) is 4.79 Å². The maximum absolute atomic E-state index is 11.8. The number of nitro groups is 1. The van der Waals surface area contributed by atoms with E-state index in [1.54, 1.807) is 24.3 Å². The van der Waals surface area contributed by atoms with E-state index in [0.29, 0.717) is 11.4 Å². The van der Waals surface area contributed by atoms with Gasteiger partial charge in [0.2, 0.25) is 0 Å². The second-order valence-corrected chi connectivity index (χ2v) is 4.66. The molecule has 0 aromatic heterocycles. The zero-order chi connectivity index (χ0) is 17.5. The van der Waals surface area contributed by atoms with Crippen LogP contribution in [0.3, 0.4) is 0 Å². The van der Waals surface area contributed by atoms with Crippen molar-refractivity contribution >= 4 is 23.3 Å². The number of anilines is 1. The van der Waals surface area contributed by atoms with Gasteiger partial charge in [0.05, 0.1) is 17.6 Å². The van der Waals surface area contributed by atoms with Crippen molar-refractivity contribution in [3.05, 3.63) is 64.2 Å². The summed E-state index contributed by atoms with van der Waals surface area (Å²) in [7, 11) is 1.53. The number of nitro benzene ring substituents is 1. The van der Waals surface area contributed by atoms with Crippen LogP contribution < -0.4 is 10.1 Å². The Morgan fingerprint density at radius 1 is 1.17 bits per heavy atom. The molecule has 8 heteroatoms. The normalized spacial score (nSPS) is 9.88. The number of ether oxygens (including phenoxy) is 2. The summed E-state index contributed by atoms with van der Waals surface area (Å²) < 4.78 is 9.84. The molecule has 2 aromatic carbocycles. The molecule has 0 aliphatic heterocycles. The molecule has 8 nitrogen and oxygen atoms in total. The number of hydrogen-bond acceptors (Lipinski definition) is 6. The number of rotatable bonds is 6. The molecule has 0 atom stereocenters. The molecule has 0 saturated heterocycles. The fourth-order valence-corrected chi connectivity index (χ4v) is 1.83. The van der Waals surface area contributed by atoms with Gasteiger partial charge < -0.3 is 14.8 Å². The van der Waals surface area contributed by atoms with E-state index in [2.05, 4.69) is 5.32 Å². The van der Waals surface area contributed by atoms with Crippen molar-refractivity contribution in [2.24, 2.45) is 0 Å². The van der Waals surface area contributed by atoms with Crippen LogP contribution in [0.25, 0.3) is 0 Å². The molecule has 0 saturated carbocycles. The number of hydrogen-bond donors (Lipinski definition) is 1. The number of non-ortho nitro benzene ring substituents is 1. The molecule has 0 unspecified atom stereocenters. The second kappa shape index (κ2) is 7.73. The lowest BCUT2D eigenvalue weighted by Crippen LogP contribution is -2.20. The lowest BCUT2D eigenvalue weighted by molar-refractivity contribution is -0.384. The molecule has 24 heavy (non-hydrogen) atoms. The molecule has 0 aliphatic carbocycles. The molecule has 124 valence electrons. The average Bonchev–Trinajstić information content (AvgIpc) is 2.60. The van der Waals surface area contributed by atoms with E-state index in [-0.39, 0.29) is 11.3 Å². The lowest BCUT2D eigenvalue weighted by Gasteiger charge is -2.07. The van der Waals surface area contributed by atoms with Crippen LogP contribution in [-0.4, -0.2) is 30.5 Å². The van der Waals surface area contributed by atoms with Crippen LogP contribution in [0, 0.1) is 10.1 Å². The molecule has 0 radical (unpaired) electrons. The van der Waals surface area contributed by atoms with E-state index in [1.165, 1.54) is 25.3 Å². The summed E-state index contributed by atoms with van der Waals surface area (Å²) in [5, 5.41) is 13.2. The highest BCUT2D eigenvalue weighted by Crippen LogP contribution is 2.15. The molecular weight excluding hydrogens is 316 g/mol. The molecule has 0 bridgehead atoms. The Morgan fingerprint density at radius 2 is 1.88 bits per heavy atom. The standard InChI is InChI=1S/C16H14N2O6/c1-23-14-7-5-12(6-8-14)17-15(19)10-24-16(20)11-3-2-4-13(9-11)18(21)22/h2-9H,10H2,1H3,(H,17,19). The Hall–Kier alpha value is -3.42. The Labute approximate surface area is 137 Å². The van der Waals surface area contributed by atoms with Crippen molar-refractivity contribution in [2.45, 2.75) is 0 Å². The number of esters is 1. The summed E-state index contributed by atoms with van der Waals surface area (Å²) in [5.74, 6) is -0.701. The number of benzene rings is 2. The molecule has 2 aromatic rings. The van der Waals surface area contributed by atoms with Crippen molar-refractivity contribution in [1.29, 1.82) is 0 Å². The lowest BCUT2D eigenvalue weighted by atomic mass is 10.2. The van der Waals surface area contributed by atoms with Crippen LogP contribution in [0.4, 0.5) is 11.4 Å². The van der Waals surface area contributed by atoms with E-state index < -0.39 is 23.4 Å². The van der Waals surface area contributed by atoms with Crippen LogP contribution in [0.15, 0.2) is 48.5 Å². The molecule has 1 N–H and O–H groups in total. The summed E-state index contributed by atoms with van der Waals surface area (Å²) in [6.07, 6.45) is 0. The van der Waals surface area contributed by atoms with E-state index in [9.17, 15) is 19.7 Å². The van der Waals surface area contributed by atoms with Gasteiger partial charge in [-0.05, 0) is 30.3 Å². The molecule has 2 rings (SSSR count). The monoisotopic (exact) mass is 330 g/mol. The number of carbonyl (C=O) groups excluding carboxylic acids is 2. The third kappa shape index (κ3) is 4.54. The molecule has 0 spiro atoms. The number of carbonyl (C=O) groups is 2. The van der Waals surface area contributed by atoms with Gasteiger partial charge in [0, 0.05) is 17.8 Å². The van der Waals surface area contributed by atoms with E-state index in [0.717, 1.165) is 6.07 Å². The third-order valence-electron chi connectivity index (χ3n) is 3.00. The maximum atomic E-state index is 11.8. The maximum Gasteiger partial charge on any atom is 0.338 e. The predicted molar refractivity (Wildman–Crippen MR) is 85.0 cm³/mol. The first-order chi connectivity index (χ1) is 11.5. The topological polar surface area (TPSA) is 108 Å². The van der Waals surface area contributed by atoms with E-state index >= 15 is 0 Å². The molecule has 0 fully saturated rings. The van der Waals surface area contributed by atoms with Crippen molar-refractivity contribution in [2.75, 3.05) is 19.0 Å². The zero-order valence-electron chi connectivity index (χ0n) is 12.7. The summed E-state index contributed by atoms with van der Waals surface area (Å²) in [6.45, 7) is -0.506. The summed E-state index contributed by atoms with van der Waals surface area (Å²) in [5.41, 5.74) is 0.292. The number of nitrogens with zero attached hydrogens (tertiary/aromatic N) is 1. The number of amides is 1. The van der Waals surface area contributed by atoms with Crippen LogP contribution >= 0.6 is 0 Å². The average molecular weight is 330 g/mol. The van der Waals surface area contributed by atoms with E-state index in [4.69, 9.17) is 9.47 Å². The fraction of sp³-hybridized carbons (Fsp3) is 0.125. The highest BCUT2D eigenvalue weighted by molar-refractivity contribution is 5.95. The first-order valence-corrected chi connectivity index (χ1v) is 6.85.